The molecule has 2 aromatic rings. The van der Waals surface area contributed by atoms with Gasteiger partial charge in [0.25, 0.3) is 0 Å². The van der Waals surface area contributed by atoms with E-state index in [0.29, 0.717) is 36.5 Å². The highest BCUT2D eigenvalue weighted by Gasteiger charge is 2.39. The van der Waals surface area contributed by atoms with Crippen LogP contribution in [0.2, 0.25) is 0 Å². The first-order valence-electron chi connectivity index (χ1n) is 11.2. The summed E-state index contributed by atoms with van der Waals surface area (Å²) in [6.45, 7) is 9.55. The molecule has 8 nitrogen and oxygen atoms in total. The first-order valence-corrected chi connectivity index (χ1v) is 12.6. The first-order chi connectivity index (χ1) is 15.5. The lowest BCUT2D eigenvalue weighted by atomic mass is 9.98. The molecule has 33 heavy (non-hydrogen) atoms. The van der Waals surface area contributed by atoms with Crippen LogP contribution in [0.1, 0.15) is 52.6 Å². The van der Waals surface area contributed by atoms with Gasteiger partial charge in [-0.1, -0.05) is 6.07 Å². The maximum atomic E-state index is 13.7. The fourth-order valence-corrected chi connectivity index (χ4v) is 6.25. The SMILES string of the molecule is CCOC(=O)c1c(S(=O)(=O)N2CCCC(C(=O)Nc3ccc(C)c(C)c3)C2)c(C)n(C)c1C. The molecule has 1 aromatic heterocycles. The molecule has 180 valence electrons. The Morgan fingerprint density at radius 3 is 2.45 bits per heavy atom. The van der Waals surface area contributed by atoms with Crippen LogP contribution < -0.4 is 5.32 Å². The van der Waals surface area contributed by atoms with Gasteiger partial charge in [-0.3, -0.25) is 4.79 Å². The molecule has 0 saturated carbocycles. The Labute approximate surface area is 196 Å². The zero-order chi connectivity index (χ0) is 24.5. The molecule has 2 heterocycles. The Morgan fingerprint density at radius 2 is 1.82 bits per heavy atom. The first kappa shape index (κ1) is 25.0. The molecule has 0 radical (unpaired) electrons. The molecule has 9 heteroatoms. The molecule has 1 saturated heterocycles. The number of rotatable bonds is 6. The standard InChI is InChI=1S/C24H33N3O5S/c1-7-32-24(29)21-17(4)26(6)18(5)22(21)33(30,31)27-12-8-9-19(14-27)23(28)25-20-11-10-15(2)16(3)13-20/h10-11,13,19H,7-9,12,14H2,1-6H3,(H,25,28). The molecule has 0 bridgehead atoms. The van der Waals surface area contributed by atoms with Crippen LogP contribution >= 0.6 is 0 Å². The number of ether oxygens (including phenoxy) is 1. The highest BCUT2D eigenvalue weighted by atomic mass is 32.2. The van der Waals surface area contributed by atoms with Crippen molar-refractivity contribution >= 4 is 27.6 Å². The number of aromatic nitrogens is 1. The van der Waals surface area contributed by atoms with Crippen LogP contribution in [0.4, 0.5) is 5.69 Å². The number of amides is 1. The predicted molar refractivity (Wildman–Crippen MR) is 127 cm³/mol. The lowest BCUT2D eigenvalue weighted by Gasteiger charge is -2.31. The van der Waals surface area contributed by atoms with Crippen LogP contribution in [0.25, 0.3) is 0 Å². The van der Waals surface area contributed by atoms with Crippen LogP contribution in [0.3, 0.4) is 0 Å². The van der Waals surface area contributed by atoms with Crippen LogP contribution in [0.5, 0.6) is 0 Å². The zero-order valence-corrected chi connectivity index (χ0v) is 21.0. The summed E-state index contributed by atoms with van der Waals surface area (Å²) in [5.74, 6) is -1.34. The fraction of sp³-hybridized carbons (Fsp3) is 0.500. The third kappa shape index (κ3) is 4.84. The number of benzene rings is 1. The van der Waals surface area contributed by atoms with E-state index in [0.717, 1.165) is 11.1 Å². The van der Waals surface area contributed by atoms with Gasteiger partial charge in [0.2, 0.25) is 15.9 Å². The number of carbonyl (C=O) groups is 2. The number of hydrogen-bond acceptors (Lipinski definition) is 5. The highest BCUT2D eigenvalue weighted by Crippen LogP contribution is 2.32. The number of hydrogen-bond donors (Lipinski definition) is 1. The zero-order valence-electron chi connectivity index (χ0n) is 20.2. The van der Waals surface area contributed by atoms with Gasteiger partial charge in [-0.2, -0.15) is 4.31 Å². The van der Waals surface area contributed by atoms with Crippen LogP contribution in [0, 0.1) is 33.6 Å². The summed E-state index contributed by atoms with van der Waals surface area (Å²) in [6.07, 6.45) is 1.16. The minimum absolute atomic E-state index is 0.0313. The van der Waals surface area contributed by atoms with Crippen molar-refractivity contribution in [3.63, 3.8) is 0 Å². The second-order valence-electron chi connectivity index (χ2n) is 8.64. The van der Waals surface area contributed by atoms with Crippen LogP contribution in [-0.4, -0.2) is 48.9 Å². The van der Waals surface area contributed by atoms with Gasteiger partial charge in [0, 0.05) is 37.2 Å². The number of nitrogens with zero attached hydrogens (tertiary/aromatic N) is 2. The van der Waals surface area contributed by atoms with Crippen LogP contribution in [0.15, 0.2) is 23.1 Å². The summed E-state index contributed by atoms with van der Waals surface area (Å²) in [5.41, 5.74) is 3.97. The van der Waals surface area contributed by atoms with E-state index in [4.69, 9.17) is 4.74 Å². The Hall–Kier alpha value is -2.65. The van der Waals surface area contributed by atoms with Gasteiger partial charge in [0.1, 0.15) is 10.5 Å². The number of carbonyl (C=O) groups excluding carboxylic acids is 2. The summed E-state index contributed by atoms with van der Waals surface area (Å²) in [7, 11) is -2.28. The molecule has 1 fully saturated rings. The van der Waals surface area contributed by atoms with Crippen molar-refractivity contribution in [3.05, 3.63) is 46.3 Å². The van der Waals surface area contributed by atoms with E-state index in [2.05, 4.69) is 5.32 Å². The number of nitrogens with one attached hydrogen (secondary N) is 1. The van der Waals surface area contributed by atoms with Gasteiger partial charge in [-0.25, -0.2) is 13.2 Å². The van der Waals surface area contributed by atoms with Crippen molar-refractivity contribution in [3.8, 4) is 0 Å². The van der Waals surface area contributed by atoms with Gasteiger partial charge in [-0.05, 0) is 70.7 Å². The largest absolute Gasteiger partial charge is 0.462 e. The number of anilines is 1. The maximum Gasteiger partial charge on any atom is 0.341 e. The molecular formula is C24H33N3O5S. The average molecular weight is 476 g/mol. The van der Waals surface area contributed by atoms with Crippen LogP contribution in [-0.2, 0) is 26.6 Å². The molecule has 1 N–H and O–H groups in total. The molecule has 0 aliphatic carbocycles. The highest BCUT2D eigenvalue weighted by molar-refractivity contribution is 7.89. The van der Waals surface area contributed by atoms with Gasteiger partial charge in [-0.15, -0.1) is 0 Å². The lowest BCUT2D eigenvalue weighted by Crippen LogP contribution is -2.44. The van der Waals surface area contributed by atoms with Crippen molar-refractivity contribution in [1.29, 1.82) is 0 Å². The maximum absolute atomic E-state index is 13.7. The molecule has 1 unspecified atom stereocenters. The number of sulfonamides is 1. The normalized spacial score (nSPS) is 17.1. The smallest absolute Gasteiger partial charge is 0.341 e. The monoisotopic (exact) mass is 475 g/mol. The predicted octanol–water partition coefficient (Wildman–Crippen LogP) is 3.47. The molecule has 1 atom stereocenters. The number of piperidine rings is 1. The van der Waals surface area contributed by atoms with Crippen molar-refractivity contribution in [2.45, 2.75) is 52.4 Å². The second kappa shape index (κ2) is 9.69. The number of esters is 1. The average Bonchev–Trinajstić information content (AvgIpc) is 3.01. The third-order valence-corrected chi connectivity index (χ3v) is 8.56. The van der Waals surface area contributed by atoms with Gasteiger partial charge in [0.15, 0.2) is 0 Å². The minimum Gasteiger partial charge on any atom is -0.462 e. The van der Waals surface area contributed by atoms with Gasteiger partial charge < -0.3 is 14.6 Å². The number of aryl methyl sites for hydroxylation is 2. The Bertz CT molecular complexity index is 1180. The van der Waals surface area contributed by atoms with E-state index in [9.17, 15) is 18.0 Å². The summed E-state index contributed by atoms with van der Waals surface area (Å²) in [6, 6.07) is 5.70. The van der Waals surface area contributed by atoms with E-state index in [1.165, 1.54) is 4.31 Å². The van der Waals surface area contributed by atoms with Gasteiger partial charge >= 0.3 is 5.97 Å². The van der Waals surface area contributed by atoms with Gasteiger partial charge in [0.05, 0.1) is 12.5 Å². The third-order valence-electron chi connectivity index (χ3n) is 6.53. The van der Waals surface area contributed by atoms with Crippen molar-refractivity contribution in [2.24, 2.45) is 13.0 Å². The quantitative estimate of drug-likeness (QED) is 0.645. The fourth-order valence-electron chi connectivity index (χ4n) is 4.24. The molecule has 1 aromatic carbocycles. The second-order valence-corrected chi connectivity index (χ2v) is 10.5. The summed E-state index contributed by atoms with van der Waals surface area (Å²) in [5, 5.41) is 2.92. The van der Waals surface area contributed by atoms with E-state index >= 15 is 0 Å². The molecular weight excluding hydrogens is 442 g/mol. The summed E-state index contributed by atoms with van der Waals surface area (Å²) in [4.78, 5) is 25.5. The molecule has 1 amide bonds. The Morgan fingerprint density at radius 1 is 1.12 bits per heavy atom. The molecule has 1 aliphatic rings. The van der Waals surface area contributed by atoms with E-state index < -0.39 is 21.9 Å². The minimum atomic E-state index is -4.01. The van der Waals surface area contributed by atoms with Crippen molar-refractivity contribution < 1.29 is 22.7 Å². The van der Waals surface area contributed by atoms with Crippen molar-refractivity contribution in [2.75, 3.05) is 25.0 Å². The Kier molecular flexibility index (Phi) is 7.33. The van der Waals surface area contributed by atoms with E-state index in [1.54, 1.807) is 32.4 Å². The summed E-state index contributed by atoms with van der Waals surface area (Å²) < 4.78 is 35.5. The topological polar surface area (TPSA) is 97.7 Å². The lowest BCUT2D eigenvalue weighted by molar-refractivity contribution is -0.120. The van der Waals surface area contributed by atoms with E-state index in [-0.39, 0.29) is 29.5 Å². The summed E-state index contributed by atoms with van der Waals surface area (Å²) >= 11 is 0. The molecule has 3 rings (SSSR count). The molecule has 1 aliphatic heterocycles. The Balaban J connectivity index is 1.88. The molecule has 0 spiro atoms. The van der Waals surface area contributed by atoms with E-state index in [1.807, 2.05) is 32.0 Å². The van der Waals surface area contributed by atoms with Crippen molar-refractivity contribution in [1.82, 2.24) is 8.87 Å².